The highest BCUT2D eigenvalue weighted by molar-refractivity contribution is 5.93. The number of fused-ring (bicyclic) bond motifs is 1. The molecule has 0 bridgehead atoms. The van der Waals surface area contributed by atoms with E-state index in [1.807, 2.05) is 31.2 Å². The molecule has 1 N–H and O–H groups in total. The van der Waals surface area contributed by atoms with E-state index < -0.39 is 0 Å². The number of nitrogens with one attached hydrogen (secondary N) is 1. The van der Waals surface area contributed by atoms with Crippen molar-refractivity contribution in [2.45, 2.75) is 45.1 Å². The highest BCUT2D eigenvalue weighted by Crippen LogP contribution is 2.09. The number of carbonyl (C=O) groups excluding carboxylic acids is 1. The zero-order valence-corrected chi connectivity index (χ0v) is 12.5. The Kier molecular flexibility index (Phi) is 5.67. The van der Waals surface area contributed by atoms with Crippen LogP contribution >= 0.6 is 0 Å². The lowest BCUT2D eigenvalue weighted by Gasteiger charge is -2.13. The first kappa shape index (κ1) is 15.4. The van der Waals surface area contributed by atoms with E-state index in [2.05, 4.69) is 22.2 Å². The van der Waals surface area contributed by atoms with Crippen LogP contribution in [0.15, 0.2) is 30.5 Å². The van der Waals surface area contributed by atoms with Crippen LogP contribution in [0.4, 0.5) is 0 Å². The molecule has 1 radical (unpaired) electrons. The SMILES string of the molecule is [CH2]CCCCCC(C)NC(=O)c1cnc2ccccc2n1. The Hall–Kier alpha value is -1.97. The Morgan fingerprint density at radius 3 is 2.76 bits per heavy atom. The maximum Gasteiger partial charge on any atom is 0.271 e. The first-order valence-corrected chi connectivity index (χ1v) is 7.52. The molecular formula is C17H22N3O. The molecule has 4 heteroatoms. The van der Waals surface area contributed by atoms with Gasteiger partial charge in [0.05, 0.1) is 17.2 Å². The average molecular weight is 284 g/mol. The van der Waals surface area contributed by atoms with Gasteiger partial charge < -0.3 is 5.32 Å². The first-order valence-electron chi connectivity index (χ1n) is 7.52. The second-order valence-corrected chi connectivity index (χ2v) is 5.32. The number of carbonyl (C=O) groups is 1. The monoisotopic (exact) mass is 284 g/mol. The van der Waals surface area contributed by atoms with E-state index >= 15 is 0 Å². The van der Waals surface area contributed by atoms with Crippen molar-refractivity contribution < 1.29 is 4.79 Å². The molecule has 2 aromatic rings. The van der Waals surface area contributed by atoms with E-state index in [-0.39, 0.29) is 11.9 Å². The average Bonchev–Trinajstić information content (AvgIpc) is 2.51. The maximum absolute atomic E-state index is 12.2. The van der Waals surface area contributed by atoms with Crippen LogP contribution in [0, 0.1) is 6.92 Å². The molecule has 1 unspecified atom stereocenters. The van der Waals surface area contributed by atoms with Crippen molar-refractivity contribution in [3.8, 4) is 0 Å². The summed E-state index contributed by atoms with van der Waals surface area (Å²) in [6, 6.07) is 7.70. The summed E-state index contributed by atoms with van der Waals surface area (Å²) < 4.78 is 0. The molecule has 2 rings (SSSR count). The fraction of sp³-hybridized carbons (Fsp3) is 0.412. The van der Waals surface area contributed by atoms with E-state index in [1.54, 1.807) is 0 Å². The van der Waals surface area contributed by atoms with Crippen LogP contribution < -0.4 is 5.32 Å². The molecule has 0 aliphatic heterocycles. The van der Waals surface area contributed by atoms with Gasteiger partial charge in [-0.05, 0) is 25.5 Å². The van der Waals surface area contributed by atoms with Crippen molar-refractivity contribution in [3.63, 3.8) is 0 Å². The Morgan fingerprint density at radius 1 is 1.24 bits per heavy atom. The van der Waals surface area contributed by atoms with Crippen LogP contribution in [-0.2, 0) is 0 Å². The molecule has 21 heavy (non-hydrogen) atoms. The van der Waals surface area contributed by atoms with Gasteiger partial charge >= 0.3 is 0 Å². The third-order valence-corrected chi connectivity index (χ3v) is 3.45. The van der Waals surface area contributed by atoms with Gasteiger partial charge in [0.2, 0.25) is 0 Å². The van der Waals surface area contributed by atoms with Gasteiger partial charge in [-0.3, -0.25) is 9.78 Å². The number of hydrogen-bond donors (Lipinski definition) is 1. The van der Waals surface area contributed by atoms with Crippen molar-refractivity contribution in [3.05, 3.63) is 43.1 Å². The van der Waals surface area contributed by atoms with E-state index in [9.17, 15) is 4.79 Å². The lowest BCUT2D eigenvalue weighted by molar-refractivity contribution is 0.0933. The predicted molar refractivity (Wildman–Crippen MR) is 84.9 cm³/mol. The Balaban J connectivity index is 1.92. The van der Waals surface area contributed by atoms with Gasteiger partial charge in [0.25, 0.3) is 5.91 Å². The molecule has 0 fully saturated rings. The number of amides is 1. The van der Waals surface area contributed by atoms with Gasteiger partial charge in [0.1, 0.15) is 5.69 Å². The van der Waals surface area contributed by atoms with Crippen LogP contribution in [0.3, 0.4) is 0 Å². The number of aromatic nitrogens is 2. The van der Waals surface area contributed by atoms with E-state index in [0.717, 1.165) is 36.7 Å². The van der Waals surface area contributed by atoms with Crippen molar-refractivity contribution in [2.75, 3.05) is 0 Å². The van der Waals surface area contributed by atoms with Crippen LogP contribution in [0.1, 0.15) is 49.5 Å². The Bertz CT molecular complexity index is 597. The van der Waals surface area contributed by atoms with Gasteiger partial charge in [-0.1, -0.05) is 44.7 Å². The standard InChI is InChI=1S/C17H22N3O/c1-3-4-5-6-9-13(2)19-17(21)16-12-18-14-10-7-8-11-15(14)20-16/h7-8,10-13H,1,3-6,9H2,2H3,(H,19,21). The lowest BCUT2D eigenvalue weighted by atomic mass is 10.1. The van der Waals surface area contributed by atoms with Gasteiger partial charge in [-0.2, -0.15) is 0 Å². The Labute approximate surface area is 126 Å². The second kappa shape index (κ2) is 7.72. The van der Waals surface area contributed by atoms with Crippen LogP contribution in [-0.4, -0.2) is 21.9 Å². The van der Waals surface area contributed by atoms with E-state index in [1.165, 1.54) is 12.6 Å². The largest absolute Gasteiger partial charge is 0.348 e. The zero-order chi connectivity index (χ0) is 15.1. The van der Waals surface area contributed by atoms with Crippen molar-refractivity contribution in [2.24, 2.45) is 0 Å². The van der Waals surface area contributed by atoms with Crippen LogP contribution in [0.5, 0.6) is 0 Å². The topological polar surface area (TPSA) is 54.9 Å². The molecular weight excluding hydrogens is 262 g/mol. The van der Waals surface area contributed by atoms with E-state index in [0.29, 0.717) is 5.69 Å². The molecule has 0 aliphatic rings. The predicted octanol–water partition coefficient (Wildman–Crippen LogP) is 3.53. The second-order valence-electron chi connectivity index (χ2n) is 5.32. The normalized spacial score (nSPS) is 12.3. The molecule has 1 aromatic carbocycles. The van der Waals surface area contributed by atoms with Gasteiger partial charge in [0.15, 0.2) is 0 Å². The number of unbranched alkanes of at least 4 members (excludes halogenated alkanes) is 3. The summed E-state index contributed by atoms with van der Waals surface area (Å²) in [5.41, 5.74) is 1.92. The Morgan fingerprint density at radius 2 is 2.00 bits per heavy atom. The molecule has 111 valence electrons. The minimum atomic E-state index is -0.155. The van der Waals surface area contributed by atoms with Crippen LogP contribution in [0.25, 0.3) is 11.0 Å². The quantitative estimate of drug-likeness (QED) is 0.791. The minimum Gasteiger partial charge on any atom is -0.348 e. The number of hydrogen-bond acceptors (Lipinski definition) is 3. The summed E-state index contributed by atoms with van der Waals surface area (Å²) in [5, 5.41) is 2.98. The van der Waals surface area contributed by atoms with Gasteiger partial charge in [-0.15, -0.1) is 0 Å². The lowest BCUT2D eigenvalue weighted by Crippen LogP contribution is -2.33. The van der Waals surface area contributed by atoms with Gasteiger partial charge in [-0.25, -0.2) is 4.98 Å². The van der Waals surface area contributed by atoms with Gasteiger partial charge in [0, 0.05) is 6.04 Å². The molecule has 1 aromatic heterocycles. The highest BCUT2D eigenvalue weighted by atomic mass is 16.1. The maximum atomic E-state index is 12.2. The van der Waals surface area contributed by atoms with Crippen LogP contribution in [0.2, 0.25) is 0 Å². The molecule has 1 atom stereocenters. The minimum absolute atomic E-state index is 0.149. The summed E-state index contributed by atoms with van der Waals surface area (Å²) in [4.78, 5) is 20.8. The fourth-order valence-electron chi connectivity index (χ4n) is 2.24. The zero-order valence-electron chi connectivity index (χ0n) is 12.5. The molecule has 1 amide bonds. The smallest absolute Gasteiger partial charge is 0.271 e. The molecule has 0 spiro atoms. The highest BCUT2D eigenvalue weighted by Gasteiger charge is 2.12. The molecule has 0 saturated carbocycles. The number of para-hydroxylation sites is 2. The third-order valence-electron chi connectivity index (χ3n) is 3.45. The summed E-state index contributed by atoms with van der Waals surface area (Å²) >= 11 is 0. The number of nitrogens with zero attached hydrogens (tertiary/aromatic N) is 2. The fourth-order valence-corrected chi connectivity index (χ4v) is 2.24. The molecule has 0 saturated heterocycles. The first-order chi connectivity index (χ1) is 10.2. The van der Waals surface area contributed by atoms with Crippen molar-refractivity contribution in [1.29, 1.82) is 0 Å². The van der Waals surface area contributed by atoms with E-state index in [4.69, 9.17) is 0 Å². The summed E-state index contributed by atoms with van der Waals surface area (Å²) in [7, 11) is 0. The molecule has 4 nitrogen and oxygen atoms in total. The van der Waals surface area contributed by atoms with Crippen molar-refractivity contribution >= 4 is 16.9 Å². The van der Waals surface area contributed by atoms with Crippen molar-refractivity contribution in [1.82, 2.24) is 15.3 Å². The summed E-state index contributed by atoms with van der Waals surface area (Å²) in [5.74, 6) is -0.155. The number of rotatable bonds is 7. The summed E-state index contributed by atoms with van der Waals surface area (Å²) in [6.45, 7) is 5.85. The third kappa shape index (κ3) is 4.52. The number of benzene rings is 1. The summed E-state index contributed by atoms with van der Waals surface area (Å²) in [6.07, 6.45) is 6.92. The molecule has 1 heterocycles. The molecule has 0 aliphatic carbocycles.